The van der Waals surface area contributed by atoms with Crippen molar-refractivity contribution >= 4 is 0 Å². The summed E-state index contributed by atoms with van der Waals surface area (Å²) < 4.78 is 0. The maximum atomic E-state index is 8.87. The molecule has 17 heavy (non-hydrogen) atoms. The number of fused-ring (bicyclic) bond motifs is 3. The van der Waals surface area contributed by atoms with Gasteiger partial charge in [0.05, 0.1) is 5.56 Å². The summed E-state index contributed by atoms with van der Waals surface area (Å²) >= 11 is 0. The Morgan fingerprint density at radius 1 is 1.35 bits per heavy atom. The SMILES string of the molecule is N#Cc1cncc(CC2CC3CCN2CC3)c1. The van der Waals surface area contributed by atoms with E-state index >= 15 is 0 Å². The molecule has 4 rings (SSSR count). The molecular formula is C14H17N3. The van der Waals surface area contributed by atoms with Crippen molar-refractivity contribution in [2.24, 2.45) is 5.92 Å². The molecule has 1 aromatic rings. The van der Waals surface area contributed by atoms with E-state index in [0.29, 0.717) is 11.6 Å². The zero-order chi connectivity index (χ0) is 11.7. The van der Waals surface area contributed by atoms with E-state index < -0.39 is 0 Å². The van der Waals surface area contributed by atoms with Gasteiger partial charge in [0.1, 0.15) is 6.07 Å². The van der Waals surface area contributed by atoms with Crippen LogP contribution in [0.3, 0.4) is 0 Å². The van der Waals surface area contributed by atoms with E-state index in [1.165, 1.54) is 37.9 Å². The Balaban J connectivity index is 1.72. The van der Waals surface area contributed by atoms with Gasteiger partial charge in [0.25, 0.3) is 0 Å². The summed E-state index contributed by atoms with van der Waals surface area (Å²) in [6.07, 6.45) is 8.69. The minimum atomic E-state index is 0.679. The second-order valence-corrected chi connectivity index (χ2v) is 5.27. The highest BCUT2D eigenvalue weighted by atomic mass is 15.2. The van der Waals surface area contributed by atoms with Crippen LogP contribution in [0.5, 0.6) is 0 Å². The third-order valence-electron chi connectivity index (χ3n) is 4.17. The Kier molecular flexibility index (Phi) is 2.82. The molecule has 0 N–H and O–H groups in total. The predicted molar refractivity (Wildman–Crippen MR) is 65.4 cm³/mol. The van der Waals surface area contributed by atoms with Crippen LogP contribution in [0.1, 0.15) is 30.4 Å². The first-order valence-corrected chi connectivity index (χ1v) is 6.43. The Morgan fingerprint density at radius 3 is 2.82 bits per heavy atom. The van der Waals surface area contributed by atoms with Crippen molar-refractivity contribution < 1.29 is 0 Å². The van der Waals surface area contributed by atoms with Gasteiger partial charge in [0.15, 0.2) is 0 Å². The quantitative estimate of drug-likeness (QED) is 0.775. The highest BCUT2D eigenvalue weighted by molar-refractivity contribution is 5.29. The lowest BCUT2D eigenvalue weighted by molar-refractivity contribution is 0.0498. The molecule has 1 aromatic heterocycles. The summed E-state index contributed by atoms with van der Waals surface area (Å²) in [4.78, 5) is 6.75. The van der Waals surface area contributed by atoms with Gasteiger partial charge >= 0.3 is 0 Å². The summed E-state index contributed by atoms with van der Waals surface area (Å²) in [5.41, 5.74) is 1.89. The monoisotopic (exact) mass is 227 g/mol. The zero-order valence-corrected chi connectivity index (χ0v) is 9.97. The largest absolute Gasteiger partial charge is 0.300 e. The van der Waals surface area contributed by atoms with Crippen LogP contribution in [-0.4, -0.2) is 29.0 Å². The van der Waals surface area contributed by atoms with E-state index in [0.717, 1.165) is 12.3 Å². The number of hydrogen-bond donors (Lipinski definition) is 0. The van der Waals surface area contributed by atoms with E-state index in [1.54, 1.807) is 6.20 Å². The molecule has 0 amide bonds. The average molecular weight is 227 g/mol. The Hall–Kier alpha value is -1.40. The molecule has 3 saturated heterocycles. The Bertz CT molecular complexity index is 441. The molecule has 0 radical (unpaired) electrons. The molecule has 0 aromatic carbocycles. The van der Waals surface area contributed by atoms with Crippen molar-refractivity contribution in [3.8, 4) is 6.07 Å². The number of nitriles is 1. The van der Waals surface area contributed by atoms with Crippen LogP contribution in [0.15, 0.2) is 18.5 Å². The molecule has 0 spiro atoms. The first-order chi connectivity index (χ1) is 8.35. The molecule has 3 heteroatoms. The van der Waals surface area contributed by atoms with E-state index in [-0.39, 0.29) is 0 Å². The van der Waals surface area contributed by atoms with Gasteiger partial charge in [-0.25, -0.2) is 0 Å². The molecule has 4 heterocycles. The zero-order valence-electron chi connectivity index (χ0n) is 9.97. The fourth-order valence-corrected chi connectivity index (χ4v) is 3.23. The van der Waals surface area contributed by atoms with Crippen LogP contribution < -0.4 is 0 Å². The lowest BCUT2D eigenvalue weighted by Crippen LogP contribution is -2.49. The first-order valence-electron chi connectivity index (χ1n) is 6.43. The van der Waals surface area contributed by atoms with Crippen LogP contribution >= 0.6 is 0 Å². The molecule has 1 atom stereocenters. The van der Waals surface area contributed by atoms with Crippen molar-refractivity contribution in [2.45, 2.75) is 31.7 Å². The number of hydrogen-bond acceptors (Lipinski definition) is 3. The molecule has 0 aliphatic carbocycles. The standard InChI is InChI=1S/C14H17N3/c15-8-13-5-12(9-16-10-13)7-14-6-11-1-3-17(14)4-2-11/h5,9-11,14H,1-4,6-7H2. The third-order valence-corrected chi connectivity index (χ3v) is 4.17. The fourth-order valence-electron chi connectivity index (χ4n) is 3.23. The van der Waals surface area contributed by atoms with Gasteiger partial charge in [-0.15, -0.1) is 0 Å². The van der Waals surface area contributed by atoms with Gasteiger partial charge in [0.2, 0.25) is 0 Å². The number of pyridine rings is 1. The van der Waals surface area contributed by atoms with Crippen LogP contribution in [0.4, 0.5) is 0 Å². The number of piperidine rings is 3. The second kappa shape index (κ2) is 4.46. The van der Waals surface area contributed by atoms with E-state index in [4.69, 9.17) is 5.26 Å². The lowest BCUT2D eigenvalue weighted by atomic mass is 9.81. The second-order valence-electron chi connectivity index (χ2n) is 5.27. The van der Waals surface area contributed by atoms with Crippen molar-refractivity contribution in [1.82, 2.24) is 9.88 Å². The van der Waals surface area contributed by atoms with Gasteiger partial charge in [-0.1, -0.05) is 0 Å². The average Bonchev–Trinajstić information content (AvgIpc) is 2.40. The van der Waals surface area contributed by atoms with Crippen LogP contribution in [0.2, 0.25) is 0 Å². The van der Waals surface area contributed by atoms with Crippen molar-refractivity contribution in [2.75, 3.05) is 13.1 Å². The van der Waals surface area contributed by atoms with E-state index in [1.807, 2.05) is 12.3 Å². The van der Waals surface area contributed by atoms with Crippen molar-refractivity contribution in [3.05, 3.63) is 29.6 Å². The van der Waals surface area contributed by atoms with Crippen LogP contribution in [0, 0.1) is 17.2 Å². The van der Waals surface area contributed by atoms with Gasteiger partial charge in [-0.05, 0) is 56.3 Å². The molecule has 3 aliphatic heterocycles. The van der Waals surface area contributed by atoms with E-state index in [2.05, 4.69) is 16.0 Å². The minimum Gasteiger partial charge on any atom is -0.300 e. The number of rotatable bonds is 2. The van der Waals surface area contributed by atoms with Crippen molar-refractivity contribution in [3.63, 3.8) is 0 Å². The van der Waals surface area contributed by atoms with Crippen molar-refractivity contribution in [1.29, 1.82) is 5.26 Å². The molecule has 2 bridgehead atoms. The van der Waals surface area contributed by atoms with Gasteiger partial charge in [-0.3, -0.25) is 4.98 Å². The van der Waals surface area contributed by atoms with Crippen LogP contribution in [-0.2, 0) is 6.42 Å². The lowest BCUT2D eigenvalue weighted by Gasteiger charge is -2.45. The molecule has 3 aliphatic rings. The Morgan fingerprint density at radius 2 is 2.18 bits per heavy atom. The Labute approximate surface area is 102 Å². The van der Waals surface area contributed by atoms with Crippen LogP contribution in [0.25, 0.3) is 0 Å². The topological polar surface area (TPSA) is 39.9 Å². The van der Waals surface area contributed by atoms with Gasteiger partial charge in [-0.2, -0.15) is 5.26 Å². The first kappa shape index (κ1) is 10.7. The molecular weight excluding hydrogens is 210 g/mol. The summed E-state index contributed by atoms with van der Waals surface area (Å²) in [5.74, 6) is 0.942. The summed E-state index contributed by atoms with van der Waals surface area (Å²) in [6, 6.07) is 4.82. The molecule has 88 valence electrons. The fraction of sp³-hybridized carbons (Fsp3) is 0.571. The maximum absolute atomic E-state index is 8.87. The normalized spacial score (nSPS) is 31.1. The predicted octanol–water partition coefficient (Wildman–Crippen LogP) is 1.98. The summed E-state index contributed by atoms with van der Waals surface area (Å²) in [6.45, 7) is 2.53. The maximum Gasteiger partial charge on any atom is 0.101 e. The highest BCUT2D eigenvalue weighted by Crippen LogP contribution is 2.33. The highest BCUT2D eigenvalue weighted by Gasteiger charge is 2.33. The summed E-state index contributed by atoms with van der Waals surface area (Å²) in [5, 5.41) is 8.87. The number of nitrogens with zero attached hydrogens (tertiary/aromatic N) is 3. The molecule has 1 unspecified atom stereocenters. The molecule has 3 fully saturated rings. The molecule has 3 nitrogen and oxygen atoms in total. The number of aromatic nitrogens is 1. The van der Waals surface area contributed by atoms with Gasteiger partial charge in [0, 0.05) is 18.4 Å². The smallest absolute Gasteiger partial charge is 0.101 e. The minimum absolute atomic E-state index is 0.679. The van der Waals surface area contributed by atoms with Gasteiger partial charge < -0.3 is 4.90 Å². The molecule has 0 saturated carbocycles. The summed E-state index contributed by atoms with van der Waals surface area (Å²) in [7, 11) is 0. The third kappa shape index (κ3) is 2.18. The van der Waals surface area contributed by atoms with E-state index in [9.17, 15) is 0 Å².